The molecule has 11 heteroatoms. The van der Waals surface area contributed by atoms with E-state index in [4.69, 9.17) is 28.5 Å². The topological polar surface area (TPSA) is 93.8 Å². The zero-order valence-electron chi connectivity index (χ0n) is 18.0. The second-order valence-corrected chi connectivity index (χ2v) is 9.40. The number of nitriles is 1. The number of halogens is 5. The van der Waals surface area contributed by atoms with E-state index < -0.39 is 41.2 Å². The number of amides is 1. The molecule has 0 aromatic heterocycles. The van der Waals surface area contributed by atoms with E-state index in [1.165, 1.54) is 54.6 Å². The molecule has 36 heavy (non-hydrogen) atoms. The zero-order chi connectivity index (χ0) is 26.0. The van der Waals surface area contributed by atoms with Crippen LogP contribution < -0.4 is 9.64 Å². The summed E-state index contributed by atoms with van der Waals surface area (Å²) in [5.41, 5.74) is -2.48. The van der Waals surface area contributed by atoms with Gasteiger partial charge in [0, 0.05) is 15.7 Å². The van der Waals surface area contributed by atoms with Crippen molar-refractivity contribution in [2.45, 2.75) is 23.6 Å². The lowest BCUT2D eigenvalue weighted by Gasteiger charge is -2.32. The Bertz CT molecular complexity index is 1390. The van der Waals surface area contributed by atoms with Crippen molar-refractivity contribution in [2.24, 2.45) is 5.92 Å². The van der Waals surface area contributed by atoms with Gasteiger partial charge in [0.25, 0.3) is 5.91 Å². The second kappa shape index (κ2) is 8.11. The van der Waals surface area contributed by atoms with E-state index in [-0.39, 0.29) is 21.3 Å². The van der Waals surface area contributed by atoms with Crippen molar-refractivity contribution in [1.82, 2.24) is 0 Å². The number of alkyl halides is 3. The average Bonchev–Trinajstić information content (AvgIpc) is 3.32. The maximum absolute atomic E-state index is 13.6. The Labute approximate surface area is 212 Å². The highest BCUT2D eigenvalue weighted by atomic mass is 35.5. The first kappa shape index (κ1) is 24.4. The molecule has 3 aromatic rings. The van der Waals surface area contributed by atoms with Crippen LogP contribution in [0, 0.1) is 17.2 Å². The molecule has 184 valence electrons. The predicted molar refractivity (Wildman–Crippen MR) is 123 cm³/mol. The van der Waals surface area contributed by atoms with Crippen LogP contribution in [0.2, 0.25) is 10.0 Å². The van der Waals surface area contributed by atoms with Crippen molar-refractivity contribution in [2.75, 3.05) is 4.90 Å². The minimum atomic E-state index is -4.90. The number of hydrogen-bond acceptors (Lipinski definition) is 5. The van der Waals surface area contributed by atoms with E-state index in [1.807, 2.05) is 6.07 Å². The lowest BCUT2D eigenvalue weighted by Crippen LogP contribution is -2.47. The van der Waals surface area contributed by atoms with Crippen LogP contribution in [0.3, 0.4) is 0 Å². The molecule has 0 bridgehead atoms. The van der Waals surface area contributed by atoms with Gasteiger partial charge < -0.3 is 14.9 Å². The number of ether oxygens (including phenoxy) is 1. The van der Waals surface area contributed by atoms with E-state index in [9.17, 15) is 28.2 Å². The fraction of sp³-hybridized carbons (Fsp3) is 0.200. The molecule has 1 saturated carbocycles. The molecule has 6 nitrogen and oxygen atoms in total. The molecule has 5 rings (SSSR count). The smallest absolute Gasteiger partial charge is 0.406 e. The van der Waals surface area contributed by atoms with E-state index in [2.05, 4.69) is 4.74 Å². The molecule has 0 spiro atoms. The lowest BCUT2D eigenvalue weighted by atomic mass is 9.81. The molecule has 1 aliphatic heterocycles. The first-order valence-corrected chi connectivity index (χ1v) is 11.3. The first-order valence-electron chi connectivity index (χ1n) is 10.5. The van der Waals surface area contributed by atoms with Crippen LogP contribution in [0.5, 0.6) is 5.75 Å². The fourth-order valence-electron chi connectivity index (χ4n) is 5.32. The van der Waals surface area contributed by atoms with Gasteiger partial charge in [-0.25, -0.2) is 0 Å². The number of hydrogen-bond donors (Lipinski definition) is 2. The Balaban J connectivity index is 1.62. The summed E-state index contributed by atoms with van der Waals surface area (Å²) in [5, 5.41) is 32.6. The summed E-state index contributed by atoms with van der Waals surface area (Å²) in [4.78, 5) is 14.6. The highest BCUT2D eigenvalue weighted by Crippen LogP contribution is 2.72. The summed E-state index contributed by atoms with van der Waals surface area (Å²) in [6.45, 7) is 0. The van der Waals surface area contributed by atoms with Gasteiger partial charge in [0.15, 0.2) is 5.60 Å². The Hall–Kier alpha value is -3.29. The molecule has 4 atom stereocenters. The summed E-state index contributed by atoms with van der Waals surface area (Å²) in [7, 11) is 0. The van der Waals surface area contributed by atoms with Crippen molar-refractivity contribution in [3.63, 3.8) is 0 Å². The van der Waals surface area contributed by atoms with Crippen molar-refractivity contribution >= 4 is 34.8 Å². The SMILES string of the molecule is N#Cc1ccc([C@@]2(c3ccc(OC(F)(F)F)cc3)[C@@H]3C(O)N(c4cc(Cl)cc(Cl)c4)C(=O)C32O)cc1. The number of fused-ring (bicyclic) bond motifs is 1. The van der Waals surface area contributed by atoms with Crippen molar-refractivity contribution in [3.05, 3.63) is 93.5 Å². The molecular weight excluding hydrogens is 520 g/mol. The molecule has 2 N–H and O–H groups in total. The van der Waals surface area contributed by atoms with Crippen LogP contribution in [0.25, 0.3) is 0 Å². The summed E-state index contributed by atoms with van der Waals surface area (Å²) < 4.78 is 41.9. The van der Waals surface area contributed by atoms with Gasteiger partial charge in [-0.05, 0) is 53.6 Å². The quantitative estimate of drug-likeness (QED) is 0.502. The number of aliphatic hydroxyl groups is 2. The highest BCUT2D eigenvalue weighted by molar-refractivity contribution is 6.35. The van der Waals surface area contributed by atoms with Crippen LogP contribution in [0.4, 0.5) is 18.9 Å². The molecule has 2 unspecified atom stereocenters. The number of piperidine rings is 1. The van der Waals surface area contributed by atoms with Gasteiger partial charge in [-0.15, -0.1) is 13.2 Å². The van der Waals surface area contributed by atoms with Gasteiger partial charge in [-0.2, -0.15) is 5.26 Å². The molecule has 1 heterocycles. The molecular formula is C25H15Cl2F3N2O4. The number of aliphatic hydroxyl groups excluding tert-OH is 1. The maximum Gasteiger partial charge on any atom is 0.573 e. The average molecular weight is 535 g/mol. The molecule has 2 aliphatic rings. The summed E-state index contributed by atoms with van der Waals surface area (Å²) in [5.74, 6) is -2.42. The van der Waals surface area contributed by atoms with Crippen LogP contribution in [-0.4, -0.2) is 34.3 Å². The minimum absolute atomic E-state index is 0.174. The monoisotopic (exact) mass is 534 g/mol. The standard InChI is InChI=1S/C25H15Cl2F3N2O4/c26-16-9-17(27)11-18(10-16)32-21(33)20-23(24(20,35)22(32)34,14-3-1-13(12-31)2-4-14)15-5-7-19(8-6-15)36-25(28,29)30/h1-11,20-21,33,35H/t20-,21?,23+,24?/m0/s1. The Kier molecular flexibility index (Phi) is 5.50. The van der Waals surface area contributed by atoms with Crippen molar-refractivity contribution < 1.29 is 32.9 Å². The molecule has 2 fully saturated rings. The first-order chi connectivity index (χ1) is 16.9. The Morgan fingerprint density at radius 3 is 1.94 bits per heavy atom. The number of rotatable bonds is 4. The largest absolute Gasteiger partial charge is 0.573 e. The van der Waals surface area contributed by atoms with Gasteiger partial charge >= 0.3 is 6.36 Å². The normalized spacial score (nSPS) is 26.9. The van der Waals surface area contributed by atoms with Crippen LogP contribution in [0.1, 0.15) is 16.7 Å². The van der Waals surface area contributed by atoms with E-state index in [1.54, 1.807) is 0 Å². The summed E-state index contributed by atoms with van der Waals surface area (Å²) >= 11 is 12.1. The van der Waals surface area contributed by atoms with Gasteiger partial charge in [-0.1, -0.05) is 47.5 Å². The number of anilines is 1. The van der Waals surface area contributed by atoms with E-state index >= 15 is 0 Å². The number of carbonyl (C=O) groups is 1. The van der Waals surface area contributed by atoms with Gasteiger partial charge in [0.05, 0.1) is 23.0 Å². The van der Waals surface area contributed by atoms with Gasteiger partial charge in [-0.3, -0.25) is 9.69 Å². The molecule has 0 radical (unpaired) electrons. The van der Waals surface area contributed by atoms with E-state index in [0.29, 0.717) is 11.1 Å². The zero-order valence-corrected chi connectivity index (χ0v) is 19.5. The molecule has 3 aromatic carbocycles. The third kappa shape index (κ3) is 3.44. The van der Waals surface area contributed by atoms with Crippen LogP contribution >= 0.6 is 23.2 Å². The third-order valence-corrected chi connectivity index (χ3v) is 7.12. The number of carbonyl (C=O) groups excluding carboxylic acids is 1. The maximum atomic E-state index is 13.6. The summed E-state index contributed by atoms with van der Waals surface area (Å²) in [6.07, 6.45) is -6.43. The van der Waals surface area contributed by atoms with Crippen molar-refractivity contribution in [1.29, 1.82) is 5.26 Å². The summed E-state index contributed by atoms with van der Waals surface area (Å²) in [6, 6.07) is 17.0. The van der Waals surface area contributed by atoms with Gasteiger partial charge in [0.1, 0.15) is 12.0 Å². The number of benzene rings is 3. The lowest BCUT2D eigenvalue weighted by molar-refractivity contribution is -0.274. The molecule has 1 amide bonds. The van der Waals surface area contributed by atoms with Crippen LogP contribution in [0.15, 0.2) is 66.7 Å². The third-order valence-electron chi connectivity index (χ3n) is 6.68. The van der Waals surface area contributed by atoms with Crippen molar-refractivity contribution in [3.8, 4) is 11.8 Å². The van der Waals surface area contributed by atoms with Crippen LogP contribution in [-0.2, 0) is 10.2 Å². The predicted octanol–water partition coefficient (Wildman–Crippen LogP) is 4.78. The fourth-order valence-corrected chi connectivity index (χ4v) is 5.84. The highest BCUT2D eigenvalue weighted by Gasteiger charge is 2.88. The molecule has 1 saturated heterocycles. The molecule has 1 aliphatic carbocycles. The second-order valence-electron chi connectivity index (χ2n) is 8.53. The van der Waals surface area contributed by atoms with E-state index in [0.717, 1.165) is 17.0 Å². The minimum Gasteiger partial charge on any atom is -0.406 e. The van der Waals surface area contributed by atoms with Gasteiger partial charge in [0.2, 0.25) is 0 Å². The number of nitrogens with zero attached hydrogens (tertiary/aromatic N) is 2. The Morgan fingerprint density at radius 1 is 0.972 bits per heavy atom. The Morgan fingerprint density at radius 2 is 1.50 bits per heavy atom.